The van der Waals surface area contributed by atoms with Gasteiger partial charge in [0.15, 0.2) is 10.9 Å². The first-order valence-electron chi connectivity index (χ1n) is 9.31. The van der Waals surface area contributed by atoms with Gasteiger partial charge in [0.1, 0.15) is 10.4 Å². The fraction of sp³-hybridized carbons (Fsp3) is 0.300. The summed E-state index contributed by atoms with van der Waals surface area (Å²) in [5, 5.41) is 2.31. The number of Topliss-reactive ketones (excluding diaryl/α,β-unsaturated/α-hetero) is 1. The Morgan fingerprint density at radius 1 is 1.34 bits per heavy atom. The second kappa shape index (κ2) is 8.38. The smallest absolute Gasteiger partial charge is 0.272 e. The molecule has 1 amide bonds. The molecule has 1 aliphatic rings. The fourth-order valence-corrected chi connectivity index (χ4v) is 4.99. The predicted molar refractivity (Wildman–Crippen MR) is 115 cm³/mol. The van der Waals surface area contributed by atoms with Gasteiger partial charge in [0.25, 0.3) is 11.5 Å². The molecule has 4 rings (SSSR count). The largest absolute Gasteiger partial charge is 0.356 e. The normalized spacial score (nSPS) is 13.9. The lowest BCUT2D eigenvalue weighted by Crippen LogP contribution is -2.27. The molecule has 9 heteroatoms. The van der Waals surface area contributed by atoms with Crippen molar-refractivity contribution in [2.75, 3.05) is 18.8 Å². The van der Waals surface area contributed by atoms with Gasteiger partial charge >= 0.3 is 0 Å². The van der Waals surface area contributed by atoms with Crippen molar-refractivity contribution in [1.29, 1.82) is 0 Å². The number of carbonyl (C=O) groups is 2. The lowest BCUT2D eigenvalue weighted by atomic mass is 10.2. The first-order valence-corrected chi connectivity index (χ1v) is 11.2. The van der Waals surface area contributed by atoms with E-state index in [-0.39, 0.29) is 23.0 Å². The number of thiophene rings is 1. The molecule has 0 saturated carbocycles. The van der Waals surface area contributed by atoms with Crippen molar-refractivity contribution in [2.24, 2.45) is 0 Å². The van der Waals surface area contributed by atoms with E-state index in [9.17, 15) is 14.4 Å². The first kappa shape index (κ1) is 19.7. The number of amides is 1. The van der Waals surface area contributed by atoms with Crippen LogP contribution in [0, 0.1) is 0 Å². The number of ketones is 1. The van der Waals surface area contributed by atoms with E-state index in [1.807, 2.05) is 5.38 Å². The topological polar surface area (TPSA) is 88.1 Å². The summed E-state index contributed by atoms with van der Waals surface area (Å²) >= 11 is 2.57. The van der Waals surface area contributed by atoms with Crippen LogP contribution in [0.4, 0.5) is 0 Å². The van der Waals surface area contributed by atoms with E-state index in [0.29, 0.717) is 33.2 Å². The Morgan fingerprint density at radius 2 is 2.14 bits per heavy atom. The Labute approximate surface area is 175 Å². The summed E-state index contributed by atoms with van der Waals surface area (Å²) in [7, 11) is 0. The van der Waals surface area contributed by atoms with Gasteiger partial charge in [0, 0.05) is 31.4 Å². The lowest BCUT2D eigenvalue weighted by molar-refractivity contribution is 0.0787. The number of nitrogens with zero attached hydrogens (tertiary/aromatic N) is 3. The number of allylic oxidation sites excluding steroid dienone is 1. The van der Waals surface area contributed by atoms with E-state index < -0.39 is 0 Å². The second-order valence-electron chi connectivity index (χ2n) is 6.75. The fourth-order valence-electron chi connectivity index (χ4n) is 3.31. The SMILES string of the molecule is C=CCn1c(SCC(=O)c2c[nH]c(C(=O)N3CCCC3)c2)nc2ccsc2c1=O. The summed E-state index contributed by atoms with van der Waals surface area (Å²) in [6.07, 6.45) is 5.24. The lowest BCUT2D eigenvalue weighted by Gasteiger charge is -2.13. The Morgan fingerprint density at radius 3 is 2.90 bits per heavy atom. The standard InChI is InChI=1S/C20H20N4O3S2/c1-2-6-24-19(27)17-14(5-9-28-17)22-20(24)29-12-16(25)13-10-15(21-11-13)18(26)23-7-3-4-8-23/h2,5,9-11,21H,1,3-4,6-8,12H2. The zero-order valence-electron chi connectivity index (χ0n) is 15.7. The molecule has 0 radical (unpaired) electrons. The Balaban J connectivity index is 1.50. The molecule has 0 spiro atoms. The molecular weight excluding hydrogens is 408 g/mol. The number of aromatic amines is 1. The van der Waals surface area contributed by atoms with Gasteiger partial charge in [-0.3, -0.25) is 19.0 Å². The minimum atomic E-state index is -0.128. The number of thioether (sulfide) groups is 1. The molecule has 29 heavy (non-hydrogen) atoms. The number of rotatable bonds is 7. The second-order valence-corrected chi connectivity index (χ2v) is 8.61. The number of nitrogens with one attached hydrogen (secondary N) is 1. The Bertz CT molecular complexity index is 1140. The number of hydrogen-bond donors (Lipinski definition) is 1. The molecule has 0 aliphatic carbocycles. The summed E-state index contributed by atoms with van der Waals surface area (Å²) in [6.45, 7) is 5.55. The van der Waals surface area contributed by atoms with Crippen molar-refractivity contribution in [1.82, 2.24) is 19.4 Å². The Hall–Kier alpha value is -2.65. The zero-order valence-corrected chi connectivity index (χ0v) is 17.4. The number of aromatic nitrogens is 3. The molecule has 0 aromatic carbocycles. The summed E-state index contributed by atoms with van der Waals surface area (Å²) in [5.41, 5.74) is 1.39. The average Bonchev–Trinajstić information content (AvgIpc) is 3.48. The molecule has 0 bridgehead atoms. The van der Waals surface area contributed by atoms with Crippen LogP contribution in [0.5, 0.6) is 0 Å². The van der Waals surface area contributed by atoms with Gasteiger partial charge in [0.2, 0.25) is 0 Å². The molecule has 7 nitrogen and oxygen atoms in total. The van der Waals surface area contributed by atoms with Gasteiger partial charge < -0.3 is 9.88 Å². The number of hydrogen-bond acceptors (Lipinski definition) is 6. The maximum absolute atomic E-state index is 12.7. The van der Waals surface area contributed by atoms with Crippen molar-refractivity contribution < 1.29 is 9.59 Å². The molecule has 1 N–H and O–H groups in total. The van der Waals surface area contributed by atoms with Crippen molar-refractivity contribution >= 4 is 45.0 Å². The van der Waals surface area contributed by atoms with E-state index in [2.05, 4.69) is 16.5 Å². The van der Waals surface area contributed by atoms with Crippen molar-refractivity contribution in [3.05, 3.63) is 58.0 Å². The van der Waals surface area contributed by atoms with Gasteiger partial charge in [0.05, 0.1) is 11.3 Å². The average molecular weight is 429 g/mol. The number of likely N-dealkylation sites (tertiary alicyclic amines) is 1. The van der Waals surface area contributed by atoms with Gasteiger partial charge in [-0.25, -0.2) is 4.98 Å². The van der Waals surface area contributed by atoms with Crippen LogP contribution >= 0.6 is 23.1 Å². The van der Waals surface area contributed by atoms with Crippen LogP contribution in [0.1, 0.15) is 33.7 Å². The van der Waals surface area contributed by atoms with E-state index in [1.54, 1.807) is 29.3 Å². The zero-order chi connectivity index (χ0) is 20.4. The van der Waals surface area contributed by atoms with Crippen molar-refractivity contribution in [3.8, 4) is 0 Å². The van der Waals surface area contributed by atoms with Crippen molar-refractivity contribution in [2.45, 2.75) is 24.5 Å². The molecular formula is C20H20N4O3S2. The molecule has 0 atom stereocenters. The van der Waals surface area contributed by atoms with Crippen LogP contribution in [-0.4, -0.2) is 50.0 Å². The summed E-state index contributed by atoms with van der Waals surface area (Å²) in [4.78, 5) is 47.0. The molecule has 3 aromatic heterocycles. The monoisotopic (exact) mass is 428 g/mol. The maximum atomic E-state index is 12.7. The van der Waals surface area contributed by atoms with Crippen LogP contribution in [-0.2, 0) is 6.54 Å². The summed E-state index contributed by atoms with van der Waals surface area (Å²) < 4.78 is 2.13. The van der Waals surface area contributed by atoms with Gasteiger partial charge in [-0.05, 0) is 30.4 Å². The van der Waals surface area contributed by atoms with Gasteiger partial charge in [-0.15, -0.1) is 17.9 Å². The minimum Gasteiger partial charge on any atom is -0.356 e. The van der Waals surface area contributed by atoms with E-state index in [1.165, 1.54) is 27.7 Å². The third kappa shape index (κ3) is 3.92. The Kier molecular flexibility index (Phi) is 5.68. The highest BCUT2D eigenvalue weighted by molar-refractivity contribution is 7.99. The number of fused-ring (bicyclic) bond motifs is 1. The van der Waals surface area contributed by atoms with Crippen LogP contribution < -0.4 is 5.56 Å². The first-order chi connectivity index (χ1) is 14.1. The van der Waals surface area contributed by atoms with Crippen LogP contribution in [0.25, 0.3) is 10.2 Å². The third-order valence-electron chi connectivity index (χ3n) is 4.80. The summed E-state index contributed by atoms with van der Waals surface area (Å²) in [6, 6.07) is 3.41. The maximum Gasteiger partial charge on any atom is 0.272 e. The minimum absolute atomic E-state index is 0.0707. The third-order valence-corrected chi connectivity index (χ3v) is 6.67. The highest BCUT2D eigenvalue weighted by Crippen LogP contribution is 2.22. The highest BCUT2D eigenvalue weighted by Gasteiger charge is 2.22. The van der Waals surface area contributed by atoms with Crippen LogP contribution in [0.3, 0.4) is 0 Å². The van der Waals surface area contributed by atoms with Crippen LogP contribution in [0.15, 0.2) is 46.3 Å². The van der Waals surface area contributed by atoms with E-state index in [4.69, 9.17) is 0 Å². The molecule has 1 fully saturated rings. The van der Waals surface area contributed by atoms with E-state index >= 15 is 0 Å². The molecule has 3 aromatic rings. The molecule has 150 valence electrons. The molecule has 1 saturated heterocycles. The van der Waals surface area contributed by atoms with Gasteiger partial charge in [-0.1, -0.05) is 17.8 Å². The summed E-state index contributed by atoms with van der Waals surface area (Å²) in [5.74, 6) is -0.0795. The number of carbonyl (C=O) groups excluding carboxylic acids is 2. The number of H-pyrrole nitrogens is 1. The molecule has 1 aliphatic heterocycles. The molecule has 0 unspecified atom stereocenters. The van der Waals surface area contributed by atoms with E-state index in [0.717, 1.165) is 25.9 Å². The van der Waals surface area contributed by atoms with Crippen LogP contribution in [0.2, 0.25) is 0 Å². The highest BCUT2D eigenvalue weighted by atomic mass is 32.2. The predicted octanol–water partition coefficient (Wildman–Crippen LogP) is 3.18. The molecule has 4 heterocycles. The van der Waals surface area contributed by atoms with Gasteiger partial charge in [-0.2, -0.15) is 0 Å². The quantitative estimate of drug-likeness (QED) is 0.270. The van der Waals surface area contributed by atoms with Crippen molar-refractivity contribution in [3.63, 3.8) is 0 Å².